The van der Waals surface area contributed by atoms with Crippen LogP contribution in [0.25, 0.3) is 4.85 Å². The fourth-order valence-electron chi connectivity index (χ4n) is 1.10. The summed E-state index contributed by atoms with van der Waals surface area (Å²) in [6.07, 6.45) is 0.535. The Morgan fingerprint density at radius 2 is 2.07 bits per heavy atom. The van der Waals surface area contributed by atoms with Crippen LogP contribution in [0.1, 0.15) is 12.5 Å². The van der Waals surface area contributed by atoms with Gasteiger partial charge in [0.05, 0.1) is 12.6 Å². The van der Waals surface area contributed by atoms with Crippen molar-refractivity contribution in [1.29, 1.82) is 0 Å². The summed E-state index contributed by atoms with van der Waals surface area (Å²) < 4.78 is 0. The predicted octanol–water partition coefficient (Wildman–Crippen LogP) is 1.70. The first-order chi connectivity index (χ1) is 6.63. The van der Waals surface area contributed by atoms with E-state index in [1.54, 1.807) is 12.1 Å². The summed E-state index contributed by atoms with van der Waals surface area (Å²) in [7, 11) is 0. The summed E-state index contributed by atoms with van der Waals surface area (Å²) in [5, 5.41) is 0. The molecule has 0 fully saturated rings. The highest BCUT2D eigenvalue weighted by molar-refractivity contribution is 5.81. The van der Waals surface area contributed by atoms with Crippen LogP contribution in [-0.2, 0) is 11.2 Å². The van der Waals surface area contributed by atoms with Crippen LogP contribution >= 0.6 is 0 Å². The molecule has 0 spiro atoms. The molecule has 1 aromatic carbocycles. The Balaban J connectivity index is 2.70. The SMILES string of the molecule is [C-]#[N+]c1ccc(C[C@@H](N)C(C)=O)cc1. The van der Waals surface area contributed by atoms with Crippen LogP contribution in [0.15, 0.2) is 24.3 Å². The van der Waals surface area contributed by atoms with E-state index in [2.05, 4.69) is 4.85 Å². The molecule has 0 amide bonds. The second-order valence-corrected chi connectivity index (χ2v) is 3.20. The van der Waals surface area contributed by atoms with Gasteiger partial charge >= 0.3 is 0 Å². The average Bonchev–Trinajstić information content (AvgIpc) is 2.19. The van der Waals surface area contributed by atoms with Crippen LogP contribution in [-0.4, -0.2) is 11.8 Å². The fourth-order valence-corrected chi connectivity index (χ4v) is 1.10. The summed E-state index contributed by atoms with van der Waals surface area (Å²) in [5.41, 5.74) is 7.20. The van der Waals surface area contributed by atoms with Crippen molar-refractivity contribution < 1.29 is 4.79 Å². The van der Waals surface area contributed by atoms with Gasteiger partial charge in [0.25, 0.3) is 0 Å². The molecule has 1 aromatic rings. The van der Waals surface area contributed by atoms with Gasteiger partial charge in [-0.25, -0.2) is 4.85 Å². The third-order valence-electron chi connectivity index (χ3n) is 2.04. The van der Waals surface area contributed by atoms with Crippen LogP contribution in [0.4, 0.5) is 5.69 Å². The number of rotatable bonds is 3. The van der Waals surface area contributed by atoms with Crippen molar-refractivity contribution in [2.45, 2.75) is 19.4 Å². The molecule has 3 nitrogen and oxygen atoms in total. The largest absolute Gasteiger partial charge is 0.321 e. The number of hydrogen-bond donors (Lipinski definition) is 1. The Kier molecular flexibility index (Phi) is 3.38. The van der Waals surface area contributed by atoms with Gasteiger partial charge in [0, 0.05) is 0 Å². The summed E-state index contributed by atoms with van der Waals surface area (Å²) in [5.74, 6) is -0.0146. The number of carbonyl (C=O) groups excluding carboxylic acids is 1. The number of ketones is 1. The first-order valence-electron chi connectivity index (χ1n) is 4.36. The van der Waals surface area contributed by atoms with Crippen molar-refractivity contribution in [2.24, 2.45) is 5.73 Å². The normalized spacial score (nSPS) is 11.8. The first kappa shape index (κ1) is 10.4. The molecule has 0 aliphatic rings. The van der Waals surface area contributed by atoms with E-state index in [0.29, 0.717) is 12.1 Å². The number of carbonyl (C=O) groups is 1. The molecule has 72 valence electrons. The molecular formula is C11H12N2O. The van der Waals surface area contributed by atoms with E-state index in [4.69, 9.17) is 12.3 Å². The molecule has 0 radical (unpaired) electrons. The van der Waals surface area contributed by atoms with E-state index in [1.807, 2.05) is 12.1 Å². The number of benzene rings is 1. The smallest absolute Gasteiger partial charge is 0.187 e. The standard InChI is InChI=1S/C11H12N2O/c1-8(14)11(12)7-9-3-5-10(13-2)6-4-9/h3-6,11H,7,12H2,1H3/t11-/m1/s1. The molecule has 0 aliphatic heterocycles. The van der Waals surface area contributed by atoms with Crippen LogP contribution in [0.3, 0.4) is 0 Å². The van der Waals surface area contributed by atoms with Crippen LogP contribution in [0.5, 0.6) is 0 Å². The Bertz CT molecular complexity index is 362. The molecule has 0 unspecified atom stereocenters. The van der Waals surface area contributed by atoms with E-state index in [0.717, 1.165) is 5.56 Å². The molecule has 0 aromatic heterocycles. The van der Waals surface area contributed by atoms with Crippen LogP contribution in [0, 0.1) is 6.57 Å². The fraction of sp³-hybridized carbons (Fsp3) is 0.273. The lowest BCUT2D eigenvalue weighted by Crippen LogP contribution is -2.30. The maximum atomic E-state index is 10.9. The molecule has 1 atom stereocenters. The zero-order valence-electron chi connectivity index (χ0n) is 8.03. The van der Waals surface area contributed by atoms with Gasteiger partial charge in [-0.05, 0) is 18.9 Å². The summed E-state index contributed by atoms with van der Waals surface area (Å²) in [6.45, 7) is 8.25. The minimum Gasteiger partial charge on any atom is -0.321 e. The molecule has 0 bridgehead atoms. The van der Waals surface area contributed by atoms with Gasteiger partial charge in [-0.2, -0.15) is 0 Å². The predicted molar refractivity (Wildman–Crippen MR) is 55.1 cm³/mol. The average molecular weight is 188 g/mol. The maximum Gasteiger partial charge on any atom is 0.187 e. The Hall–Kier alpha value is -1.66. The minimum absolute atomic E-state index is 0.0146. The van der Waals surface area contributed by atoms with Crippen molar-refractivity contribution in [2.75, 3.05) is 0 Å². The second kappa shape index (κ2) is 4.54. The Morgan fingerprint density at radius 3 is 2.50 bits per heavy atom. The second-order valence-electron chi connectivity index (χ2n) is 3.20. The van der Waals surface area contributed by atoms with E-state index in [-0.39, 0.29) is 5.78 Å². The van der Waals surface area contributed by atoms with Crippen molar-refractivity contribution in [1.82, 2.24) is 0 Å². The molecule has 0 saturated carbocycles. The number of nitrogens with zero attached hydrogens (tertiary/aromatic N) is 1. The molecule has 3 heteroatoms. The molecular weight excluding hydrogens is 176 g/mol. The van der Waals surface area contributed by atoms with Gasteiger partial charge in [-0.15, -0.1) is 0 Å². The highest BCUT2D eigenvalue weighted by atomic mass is 16.1. The Morgan fingerprint density at radius 1 is 1.50 bits per heavy atom. The molecule has 0 saturated heterocycles. The Labute approximate surface area is 83.4 Å². The van der Waals surface area contributed by atoms with E-state index >= 15 is 0 Å². The maximum absolute atomic E-state index is 10.9. The highest BCUT2D eigenvalue weighted by Crippen LogP contribution is 2.13. The van der Waals surface area contributed by atoms with Gasteiger partial charge in [0.15, 0.2) is 5.69 Å². The van der Waals surface area contributed by atoms with Crippen LogP contribution < -0.4 is 5.73 Å². The molecule has 0 aliphatic carbocycles. The van der Waals surface area contributed by atoms with Crippen LogP contribution in [0.2, 0.25) is 0 Å². The zero-order valence-corrected chi connectivity index (χ0v) is 8.03. The minimum atomic E-state index is -0.436. The lowest BCUT2D eigenvalue weighted by Gasteiger charge is -2.07. The van der Waals surface area contributed by atoms with Crippen molar-refractivity contribution in [3.8, 4) is 0 Å². The summed E-state index contributed by atoms with van der Waals surface area (Å²) >= 11 is 0. The van der Waals surface area contributed by atoms with E-state index in [9.17, 15) is 4.79 Å². The molecule has 14 heavy (non-hydrogen) atoms. The van der Waals surface area contributed by atoms with Gasteiger partial charge in [-0.1, -0.05) is 24.3 Å². The number of Topliss-reactive ketones (excluding diaryl/α,β-unsaturated/α-hetero) is 1. The summed E-state index contributed by atoms with van der Waals surface area (Å²) in [6, 6.07) is 6.69. The zero-order chi connectivity index (χ0) is 10.6. The quantitative estimate of drug-likeness (QED) is 0.734. The topological polar surface area (TPSA) is 47.5 Å². The lowest BCUT2D eigenvalue weighted by atomic mass is 10.0. The van der Waals surface area contributed by atoms with Gasteiger partial charge in [0.2, 0.25) is 0 Å². The van der Waals surface area contributed by atoms with Crippen molar-refractivity contribution in [3.05, 3.63) is 41.2 Å². The molecule has 1 rings (SSSR count). The van der Waals surface area contributed by atoms with Gasteiger partial charge in [0.1, 0.15) is 5.78 Å². The van der Waals surface area contributed by atoms with E-state index < -0.39 is 6.04 Å². The number of hydrogen-bond acceptors (Lipinski definition) is 2. The van der Waals surface area contributed by atoms with Crippen molar-refractivity contribution in [3.63, 3.8) is 0 Å². The van der Waals surface area contributed by atoms with E-state index in [1.165, 1.54) is 6.92 Å². The highest BCUT2D eigenvalue weighted by Gasteiger charge is 2.08. The van der Waals surface area contributed by atoms with Gasteiger partial charge in [-0.3, -0.25) is 4.79 Å². The third kappa shape index (κ3) is 2.68. The number of nitrogens with two attached hydrogens (primary N) is 1. The lowest BCUT2D eigenvalue weighted by molar-refractivity contribution is -0.118. The third-order valence-corrected chi connectivity index (χ3v) is 2.04. The van der Waals surface area contributed by atoms with Gasteiger partial charge < -0.3 is 5.73 Å². The first-order valence-corrected chi connectivity index (χ1v) is 4.36. The molecule has 2 N–H and O–H groups in total. The summed E-state index contributed by atoms with van der Waals surface area (Å²) in [4.78, 5) is 14.2. The monoisotopic (exact) mass is 188 g/mol. The van der Waals surface area contributed by atoms with Crippen molar-refractivity contribution >= 4 is 11.5 Å². The molecule has 0 heterocycles.